The highest BCUT2D eigenvalue weighted by Crippen LogP contribution is 2.21. The van der Waals surface area contributed by atoms with Crippen molar-refractivity contribution in [1.29, 1.82) is 0 Å². The van der Waals surface area contributed by atoms with Gasteiger partial charge < -0.3 is 82.3 Å². The Labute approximate surface area is 235 Å². The van der Waals surface area contributed by atoms with E-state index in [0.29, 0.717) is 13.1 Å². The minimum atomic E-state index is -1.24. The molecular weight excluding hydrogens is 532 g/mol. The zero-order chi connectivity index (χ0) is 30.0. The first kappa shape index (κ1) is 35.6. The molecule has 2 fully saturated rings. The molecule has 2 aliphatic heterocycles. The maximum Gasteiger partial charge on any atom is 0.175 e. The van der Waals surface area contributed by atoms with Crippen LogP contribution in [0, 0.1) is 0 Å². The Morgan fingerprint density at radius 2 is 1.02 bits per heavy atom. The Bertz CT molecular complexity index is 645. The number of hydrogen-bond acceptors (Lipinski definition) is 16. The molecule has 2 saturated heterocycles. The van der Waals surface area contributed by atoms with Crippen LogP contribution in [0.25, 0.3) is 0 Å². The van der Waals surface area contributed by atoms with Crippen molar-refractivity contribution >= 4 is 0 Å². The molecule has 2 unspecified atom stereocenters. The van der Waals surface area contributed by atoms with E-state index in [1.54, 1.807) is 0 Å². The highest BCUT2D eigenvalue weighted by molar-refractivity contribution is 4.93. The van der Waals surface area contributed by atoms with E-state index in [1.165, 1.54) is 0 Å². The normalized spacial score (nSPS) is 36.8. The standard InChI is InChI=1S/C24H52N6O10/c1-29(9-13(31)11-37-23-17(27)21(35)19(33)15(7-25)39-23)5-3-4-6-30(2)10-14(32)12-38-24-18(28)22(36)20(34)16(8-26)40-24/h13-24,31-36H,3-12,25-28H2,1-2H3/t13?,14?,15-,16-,17-,18-,19-,20-,21-,22-,23-,24+/m1/s1. The maximum absolute atomic E-state index is 10.3. The minimum Gasteiger partial charge on any atom is -0.389 e. The summed E-state index contributed by atoms with van der Waals surface area (Å²) in [6, 6.07) is -1.93. The van der Waals surface area contributed by atoms with Crippen LogP contribution in [0.1, 0.15) is 12.8 Å². The van der Waals surface area contributed by atoms with Crippen LogP contribution in [0.3, 0.4) is 0 Å². The molecule has 0 aromatic heterocycles. The number of likely N-dealkylation sites (N-methyl/N-ethyl adjacent to an activating group) is 2. The van der Waals surface area contributed by atoms with Crippen LogP contribution in [0.5, 0.6) is 0 Å². The van der Waals surface area contributed by atoms with Crippen molar-refractivity contribution in [3.05, 3.63) is 0 Å². The number of nitrogens with zero attached hydrogens (tertiary/aromatic N) is 2. The molecule has 14 N–H and O–H groups in total. The molecule has 0 bridgehead atoms. The van der Waals surface area contributed by atoms with Gasteiger partial charge in [0, 0.05) is 26.2 Å². The van der Waals surface area contributed by atoms with Gasteiger partial charge in [0.05, 0.1) is 37.5 Å². The molecule has 0 spiro atoms. The van der Waals surface area contributed by atoms with Crippen LogP contribution in [0.4, 0.5) is 0 Å². The number of hydrogen-bond donors (Lipinski definition) is 10. The van der Waals surface area contributed by atoms with Crippen molar-refractivity contribution in [2.24, 2.45) is 22.9 Å². The van der Waals surface area contributed by atoms with Gasteiger partial charge in [-0.1, -0.05) is 0 Å². The van der Waals surface area contributed by atoms with Crippen LogP contribution >= 0.6 is 0 Å². The van der Waals surface area contributed by atoms with Crippen molar-refractivity contribution < 1.29 is 49.6 Å². The quantitative estimate of drug-likeness (QED) is 0.0712. The summed E-state index contributed by atoms with van der Waals surface area (Å²) in [6.45, 7) is 2.02. The van der Waals surface area contributed by atoms with Gasteiger partial charge in [-0.2, -0.15) is 0 Å². The first-order valence-corrected chi connectivity index (χ1v) is 13.8. The molecule has 40 heavy (non-hydrogen) atoms. The molecule has 0 aromatic rings. The van der Waals surface area contributed by atoms with Gasteiger partial charge in [-0.3, -0.25) is 0 Å². The summed E-state index contributed by atoms with van der Waals surface area (Å²) in [5.41, 5.74) is 22.9. The van der Waals surface area contributed by atoms with E-state index in [4.69, 9.17) is 41.9 Å². The second kappa shape index (κ2) is 17.5. The third kappa shape index (κ3) is 10.6. The van der Waals surface area contributed by atoms with E-state index in [1.807, 2.05) is 23.9 Å². The Hall–Kier alpha value is -0.640. The number of unbranched alkanes of at least 4 members (excludes halogenated alkanes) is 1. The molecule has 238 valence electrons. The van der Waals surface area contributed by atoms with Crippen LogP contribution in [-0.2, 0) is 18.9 Å². The molecule has 0 aliphatic carbocycles. The molecule has 0 saturated carbocycles. The van der Waals surface area contributed by atoms with E-state index >= 15 is 0 Å². The third-order valence-electron chi connectivity index (χ3n) is 7.24. The van der Waals surface area contributed by atoms with E-state index in [-0.39, 0.29) is 26.3 Å². The Kier molecular flexibility index (Phi) is 15.5. The summed E-state index contributed by atoms with van der Waals surface area (Å²) in [5.74, 6) is 0. The van der Waals surface area contributed by atoms with Gasteiger partial charge in [-0.25, -0.2) is 0 Å². The van der Waals surface area contributed by atoms with Gasteiger partial charge in [0.2, 0.25) is 0 Å². The third-order valence-corrected chi connectivity index (χ3v) is 7.24. The monoisotopic (exact) mass is 584 g/mol. The molecule has 0 aromatic carbocycles. The first-order valence-electron chi connectivity index (χ1n) is 13.8. The fourth-order valence-electron chi connectivity index (χ4n) is 4.78. The average Bonchev–Trinajstić information content (AvgIpc) is 2.92. The number of aliphatic hydroxyl groups is 6. The summed E-state index contributed by atoms with van der Waals surface area (Å²) < 4.78 is 22.1. The lowest BCUT2D eigenvalue weighted by Crippen LogP contribution is -2.63. The second-order valence-corrected chi connectivity index (χ2v) is 10.9. The molecule has 2 aliphatic rings. The van der Waals surface area contributed by atoms with Crippen LogP contribution in [0.15, 0.2) is 0 Å². The summed E-state index contributed by atoms with van der Waals surface area (Å²) in [6.07, 6.45) is -8.38. The predicted octanol–water partition coefficient (Wildman–Crippen LogP) is -6.15. The fraction of sp³-hybridized carbons (Fsp3) is 1.00. The number of ether oxygens (including phenoxy) is 4. The van der Waals surface area contributed by atoms with E-state index in [9.17, 15) is 30.6 Å². The molecular formula is C24H52N6O10. The Morgan fingerprint density at radius 3 is 1.35 bits per heavy atom. The minimum absolute atomic E-state index is 0.00540. The predicted molar refractivity (Wildman–Crippen MR) is 144 cm³/mol. The van der Waals surface area contributed by atoms with Crippen LogP contribution in [0.2, 0.25) is 0 Å². The van der Waals surface area contributed by atoms with Crippen molar-refractivity contribution in [3.63, 3.8) is 0 Å². The number of rotatable bonds is 17. The average molecular weight is 585 g/mol. The topological polar surface area (TPSA) is 269 Å². The smallest absolute Gasteiger partial charge is 0.175 e. The van der Waals surface area contributed by atoms with E-state index in [2.05, 4.69) is 0 Å². The first-order chi connectivity index (χ1) is 18.9. The molecule has 16 nitrogen and oxygen atoms in total. The highest BCUT2D eigenvalue weighted by Gasteiger charge is 2.44. The zero-order valence-electron chi connectivity index (χ0n) is 23.5. The van der Waals surface area contributed by atoms with Crippen molar-refractivity contribution in [3.8, 4) is 0 Å². The van der Waals surface area contributed by atoms with Crippen molar-refractivity contribution in [2.75, 3.05) is 66.6 Å². The van der Waals surface area contributed by atoms with Crippen molar-refractivity contribution in [2.45, 2.75) is 86.3 Å². The van der Waals surface area contributed by atoms with Gasteiger partial charge in [0.1, 0.15) is 36.6 Å². The fourth-order valence-corrected chi connectivity index (χ4v) is 4.78. The largest absolute Gasteiger partial charge is 0.389 e. The second-order valence-electron chi connectivity index (χ2n) is 10.9. The highest BCUT2D eigenvalue weighted by atomic mass is 16.7. The Balaban J connectivity index is 1.58. The summed E-state index contributed by atoms with van der Waals surface area (Å²) in [5, 5.41) is 60.6. The van der Waals surface area contributed by atoms with Crippen LogP contribution in [-0.4, -0.2) is 181 Å². The lowest BCUT2D eigenvalue weighted by molar-refractivity contribution is -0.262. The Morgan fingerprint density at radius 1 is 0.675 bits per heavy atom. The van der Waals surface area contributed by atoms with Gasteiger partial charge in [-0.05, 0) is 40.0 Å². The van der Waals surface area contributed by atoms with Crippen LogP contribution < -0.4 is 22.9 Å². The summed E-state index contributed by atoms with van der Waals surface area (Å²) >= 11 is 0. The van der Waals surface area contributed by atoms with E-state index in [0.717, 1.165) is 25.9 Å². The number of nitrogens with two attached hydrogens (primary N) is 4. The molecule has 16 heteroatoms. The number of aliphatic hydroxyl groups excluding tert-OH is 6. The molecule has 0 radical (unpaired) electrons. The molecule has 0 amide bonds. The summed E-state index contributed by atoms with van der Waals surface area (Å²) in [7, 11) is 3.76. The van der Waals surface area contributed by atoms with Gasteiger partial charge >= 0.3 is 0 Å². The van der Waals surface area contributed by atoms with E-state index < -0.39 is 73.5 Å². The molecule has 2 rings (SSSR count). The SMILES string of the molecule is CN(CCCCN(C)CC(O)CO[C@H]1O[C@H](CN)[C@@H](O)[C@H](O)[C@H]1N)CC(O)CO[C@@H]1O[C@H](CN)[C@@H](O)[C@H](O)[C@H]1N. The molecule has 2 heterocycles. The lowest BCUT2D eigenvalue weighted by Gasteiger charge is -2.40. The van der Waals surface area contributed by atoms with Gasteiger partial charge in [0.15, 0.2) is 12.6 Å². The summed E-state index contributed by atoms with van der Waals surface area (Å²) in [4.78, 5) is 3.93. The van der Waals surface area contributed by atoms with Gasteiger partial charge in [0.25, 0.3) is 0 Å². The molecule has 12 atom stereocenters. The maximum atomic E-state index is 10.3. The van der Waals surface area contributed by atoms with Gasteiger partial charge in [-0.15, -0.1) is 0 Å². The lowest BCUT2D eigenvalue weighted by atomic mass is 9.97. The van der Waals surface area contributed by atoms with Crippen molar-refractivity contribution in [1.82, 2.24) is 9.80 Å². The zero-order valence-corrected chi connectivity index (χ0v) is 23.5.